The number of carbonyl (C=O) groups is 1. The second-order valence-electron chi connectivity index (χ2n) is 5.06. The van der Waals surface area contributed by atoms with E-state index in [4.69, 9.17) is 21.2 Å². The van der Waals surface area contributed by atoms with Gasteiger partial charge >= 0.3 is 0 Å². The molecule has 0 saturated carbocycles. The fourth-order valence-electron chi connectivity index (χ4n) is 1.98. The standard InChI is InChI=1S/C17H20N2O3/c1-5-10-17(2,12-18)19-16(20)9-7-13-6-8-14(21-3)15(11-13)22-4/h1,6,8,11H,7,9-10H2,2-4H3,(H,19,20). The maximum atomic E-state index is 12.0. The highest BCUT2D eigenvalue weighted by Crippen LogP contribution is 2.27. The van der Waals surface area contributed by atoms with Crippen molar-refractivity contribution in [2.75, 3.05) is 14.2 Å². The molecule has 0 fully saturated rings. The Kier molecular flexibility index (Phi) is 6.28. The molecule has 1 N–H and O–H groups in total. The van der Waals surface area contributed by atoms with Crippen molar-refractivity contribution in [3.8, 4) is 29.9 Å². The Labute approximate surface area is 131 Å². The number of ether oxygens (including phenoxy) is 2. The predicted octanol–water partition coefficient (Wildman–Crippen LogP) is 2.06. The zero-order valence-corrected chi connectivity index (χ0v) is 13.1. The lowest BCUT2D eigenvalue weighted by molar-refractivity contribution is -0.122. The van der Waals surface area contributed by atoms with Crippen molar-refractivity contribution in [3.63, 3.8) is 0 Å². The zero-order valence-electron chi connectivity index (χ0n) is 13.1. The number of aryl methyl sites for hydroxylation is 1. The zero-order chi connectivity index (χ0) is 16.6. The van der Waals surface area contributed by atoms with Crippen LogP contribution in [0.5, 0.6) is 11.5 Å². The predicted molar refractivity (Wildman–Crippen MR) is 83.5 cm³/mol. The Balaban J connectivity index is 2.65. The number of hydrogen-bond acceptors (Lipinski definition) is 4. The second-order valence-corrected chi connectivity index (χ2v) is 5.06. The van der Waals surface area contributed by atoms with Gasteiger partial charge in [-0.25, -0.2) is 0 Å². The first-order valence-electron chi connectivity index (χ1n) is 6.84. The van der Waals surface area contributed by atoms with Crippen LogP contribution < -0.4 is 14.8 Å². The molecule has 1 atom stereocenters. The lowest BCUT2D eigenvalue weighted by Crippen LogP contribution is -2.44. The van der Waals surface area contributed by atoms with Gasteiger partial charge in [0.1, 0.15) is 5.54 Å². The molecule has 0 aliphatic carbocycles. The number of nitriles is 1. The number of rotatable bonds is 7. The quantitative estimate of drug-likeness (QED) is 0.782. The van der Waals surface area contributed by atoms with Crippen LogP contribution >= 0.6 is 0 Å². The molecule has 0 saturated heterocycles. The maximum Gasteiger partial charge on any atom is 0.221 e. The number of carbonyl (C=O) groups excluding carboxylic acids is 1. The fraction of sp³-hybridized carbons (Fsp3) is 0.412. The molecule has 1 amide bonds. The molecule has 5 heteroatoms. The van der Waals surface area contributed by atoms with E-state index in [2.05, 4.69) is 11.2 Å². The van der Waals surface area contributed by atoms with Gasteiger partial charge in [0.2, 0.25) is 5.91 Å². The summed E-state index contributed by atoms with van der Waals surface area (Å²) in [4.78, 5) is 12.0. The molecule has 0 bridgehead atoms. The highest BCUT2D eigenvalue weighted by Gasteiger charge is 2.24. The average Bonchev–Trinajstić information content (AvgIpc) is 2.52. The van der Waals surface area contributed by atoms with Gasteiger partial charge in [-0.3, -0.25) is 4.79 Å². The van der Waals surface area contributed by atoms with Crippen LogP contribution in [-0.4, -0.2) is 25.7 Å². The first-order chi connectivity index (χ1) is 10.5. The van der Waals surface area contributed by atoms with E-state index in [0.29, 0.717) is 17.9 Å². The van der Waals surface area contributed by atoms with Gasteiger partial charge in [0, 0.05) is 12.8 Å². The maximum absolute atomic E-state index is 12.0. The first-order valence-corrected chi connectivity index (χ1v) is 6.84. The third-order valence-corrected chi connectivity index (χ3v) is 3.21. The minimum absolute atomic E-state index is 0.172. The van der Waals surface area contributed by atoms with E-state index in [1.54, 1.807) is 27.2 Å². The van der Waals surface area contributed by atoms with E-state index in [0.717, 1.165) is 5.56 Å². The van der Waals surface area contributed by atoms with Gasteiger partial charge in [0.25, 0.3) is 0 Å². The van der Waals surface area contributed by atoms with Crippen molar-refractivity contribution in [3.05, 3.63) is 23.8 Å². The van der Waals surface area contributed by atoms with Crippen molar-refractivity contribution in [2.24, 2.45) is 0 Å². The van der Waals surface area contributed by atoms with E-state index < -0.39 is 5.54 Å². The summed E-state index contributed by atoms with van der Waals surface area (Å²) in [7, 11) is 3.13. The smallest absolute Gasteiger partial charge is 0.221 e. The molecule has 0 aromatic heterocycles. The molecule has 1 aromatic rings. The lowest BCUT2D eigenvalue weighted by atomic mass is 9.99. The Morgan fingerprint density at radius 2 is 2.05 bits per heavy atom. The van der Waals surface area contributed by atoms with Crippen molar-refractivity contribution >= 4 is 5.91 Å². The molecular formula is C17H20N2O3. The summed E-state index contributed by atoms with van der Waals surface area (Å²) >= 11 is 0. The summed E-state index contributed by atoms with van der Waals surface area (Å²) in [5, 5.41) is 11.8. The monoisotopic (exact) mass is 300 g/mol. The van der Waals surface area contributed by atoms with E-state index in [-0.39, 0.29) is 18.7 Å². The number of amides is 1. The number of methoxy groups -OCH3 is 2. The normalized spacial score (nSPS) is 12.4. The summed E-state index contributed by atoms with van der Waals surface area (Å²) < 4.78 is 10.4. The largest absolute Gasteiger partial charge is 0.493 e. The van der Waals surface area contributed by atoms with E-state index >= 15 is 0 Å². The van der Waals surface area contributed by atoms with Gasteiger partial charge in [-0.15, -0.1) is 12.3 Å². The van der Waals surface area contributed by atoms with Gasteiger partial charge in [-0.1, -0.05) is 6.07 Å². The summed E-state index contributed by atoms with van der Waals surface area (Å²) in [6.45, 7) is 1.61. The number of hydrogen-bond donors (Lipinski definition) is 1. The minimum atomic E-state index is -1.02. The molecule has 0 heterocycles. The minimum Gasteiger partial charge on any atom is -0.493 e. The van der Waals surface area contributed by atoms with Gasteiger partial charge in [0.15, 0.2) is 11.5 Å². The number of nitrogens with one attached hydrogen (secondary N) is 1. The molecule has 0 aliphatic rings. The average molecular weight is 300 g/mol. The number of benzene rings is 1. The molecule has 5 nitrogen and oxygen atoms in total. The van der Waals surface area contributed by atoms with Crippen LogP contribution in [0.25, 0.3) is 0 Å². The van der Waals surface area contributed by atoms with Gasteiger partial charge in [-0.2, -0.15) is 5.26 Å². The van der Waals surface area contributed by atoms with E-state index in [1.807, 2.05) is 18.2 Å². The first kappa shape index (κ1) is 17.4. The molecular weight excluding hydrogens is 280 g/mol. The Morgan fingerprint density at radius 1 is 1.36 bits per heavy atom. The Bertz CT molecular complexity index is 613. The molecule has 0 spiro atoms. The third-order valence-electron chi connectivity index (χ3n) is 3.21. The van der Waals surface area contributed by atoms with Crippen molar-refractivity contribution in [1.82, 2.24) is 5.32 Å². The van der Waals surface area contributed by atoms with Crippen molar-refractivity contribution in [2.45, 2.75) is 31.7 Å². The number of nitrogens with zero attached hydrogens (tertiary/aromatic N) is 1. The second kappa shape index (κ2) is 7.95. The third kappa shape index (κ3) is 4.71. The summed E-state index contributed by atoms with van der Waals surface area (Å²) in [5.74, 6) is 3.45. The van der Waals surface area contributed by atoms with Gasteiger partial charge < -0.3 is 14.8 Å². The molecule has 1 aromatic carbocycles. The van der Waals surface area contributed by atoms with Crippen molar-refractivity contribution < 1.29 is 14.3 Å². The van der Waals surface area contributed by atoms with Gasteiger partial charge in [-0.05, 0) is 31.0 Å². The Morgan fingerprint density at radius 3 is 2.59 bits per heavy atom. The molecule has 22 heavy (non-hydrogen) atoms. The van der Waals surface area contributed by atoms with Crippen molar-refractivity contribution in [1.29, 1.82) is 5.26 Å². The molecule has 1 rings (SSSR count). The lowest BCUT2D eigenvalue weighted by Gasteiger charge is -2.20. The van der Waals surface area contributed by atoms with Crippen LogP contribution in [0.2, 0.25) is 0 Å². The molecule has 0 aliphatic heterocycles. The summed E-state index contributed by atoms with van der Waals surface area (Å²) in [6, 6.07) is 7.53. The topological polar surface area (TPSA) is 71.4 Å². The molecule has 116 valence electrons. The van der Waals surface area contributed by atoms with E-state index in [1.165, 1.54) is 0 Å². The molecule has 1 unspecified atom stereocenters. The Hall–Kier alpha value is -2.66. The van der Waals surface area contributed by atoms with E-state index in [9.17, 15) is 4.79 Å². The number of terminal acetylenes is 1. The SMILES string of the molecule is C#CCC(C)(C#N)NC(=O)CCc1ccc(OC)c(OC)c1. The fourth-order valence-corrected chi connectivity index (χ4v) is 1.98. The van der Waals surface area contributed by atoms with Gasteiger partial charge in [0.05, 0.1) is 20.3 Å². The highest BCUT2D eigenvalue weighted by molar-refractivity contribution is 5.77. The van der Waals surface area contributed by atoms with Crippen LogP contribution in [0.4, 0.5) is 0 Å². The highest BCUT2D eigenvalue weighted by atomic mass is 16.5. The van der Waals surface area contributed by atoms with Crippen LogP contribution in [0.15, 0.2) is 18.2 Å². The van der Waals surface area contributed by atoms with Crippen LogP contribution in [0.3, 0.4) is 0 Å². The summed E-state index contributed by atoms with van der Waals surface area (Å²) in [6.07, 6.45) is 6.18. The van der Waals surface area contributed by atoms with Crippen LogP contribution in [0.1, 0.15) is 25.3 Å². The van der Waals surface area contributed by atoms with Crippen LogP contribution in [-0.2, 0) is 11.2 Å². The van der Waals surface area contributed by atoms with Crippen LogP contribution in [0, 0.1) is 23.7 Å². The summed E-state index contributed by atoms with van der Waals surface area (Å²) in [5.41, 5.74) is -0.0768. The molecule has 0 radical (unpaired) electrons.